The third-order valence-electron chi connectivity index (χ3n) is 4.64. The lowest BCUT2D eigenvalue weighted by Gasteiger charge is -2.22. The number of anilines is 2. The molecule has 0 spiro atoms. The van der Waals surface area contributed by atoms with E-state index in [0.717, 1.165) is 11.0 Å². The molecular formula is C23H16BrNS2. The van der Waals surface area contributed by atoms with Crippen molar-refractivity contribution in [2.75, 3.05) is 4.90 Å². The van der Waals surface area contributed by atoms with E-state index < -0.39 is 0 Å². The van der Waals surface area contributed by atoms with E-state index in [9.17, 15) is 0 Å². The van der Waals surface area contributed by atoms with Gasteiger partial charge in [0.15, 0.2) is 0 Å². The van der Waals surface area contributed by atoms with Crippen molar-refractivity contribution >= 4 is 68.8 Å². The monoisotopic (exact) mass is 449 g/mol. The summed E-state index contributed by atoms with van der Waals surface area (Å²) >= 11 is 7.42. The molecule has 1 nitrogen and oxygen atoms in total. The molecule has 0 aliphatic rings. The van der Waals surface area contributed by atoms with Gasteiger partial charge in [0, 0.05) is 13.9 Å². The lowest BCUT2D eigenvalue weighted by atomic mass is 10.2. The molecule has 0 unspecified atom stereocenters. The summed E-state index contributed by atoms with van der Waals surface area (Å²) in [4.78, 5) is 2.44. The van der Waals surface area contributed by atoms with Gasteiger partial charge in [0.25, 0.3) is 0 Å². The Balaban J connectivity index is 1.65. The minimum absolute atomic E-state index is 0.834. The van der Waals surface area contributed by atoms with Gasteiger partial charge in [-0.1, -0.05) is 70.5 Å². The molecule has 0 fully saturated rings. The molecular weight excluding hydrogens is 434 g/mol. The van der Waals surface area contributed by atoms with Crippen LogP contribution < -0.4 is 4.90 Å². The molecule has 0 N–H and O–H groups in total. The second kappa shape index (κ2) is 7.12. The Morgan fingerprint density at radius 3 is 1.74 bits per heavy atom. The fourth-order valence-corrected chi connectivity index (χ4v) is 5.88. The molecule has 0 saturated heterocycles. The number of nitrogens with zero attached hydrogens (tertiary/aromatic N) is 1. The third kappa shape index (κ3) is 3.29. The zero-order valence-electron chi connectivity index (χ0n) is 14.4. The summed E-state index contributed by atoms with van der Waals surface area (Å²) in [5.74, 6) is 0. The van der Waals surface area contributed by atoms with Gasteiger partial charge in [-0.3, -0.25) is 0 Å². The molecule has 2 heterocycles. The van der Waals surface area contributed by atoms with Crippen molar-refractivity contribution in [3.63, 3.8) is 0 Å². The van der Waals surface area contributed by atoms with Gasteiger partial charge in [0.2, 0.25) is 0 Å². The van der Waals surface area contributed by atoms with E-state index in [0.29, 0.717) is 0 Å². The fourth-order valence-electron chi connectivity index (χ4n) is 3.26. The summed E-state index contributed by atoms with van der Waals surface area (Å²) in [5.41, 5.74) is 1.28. The minimum atomic E-state index is 0.834. The summed E-state index contributed by atoms with van der Waals surface area (Å²) in [6.07, 6.45) is 0. The second-order valence-electron chi connectivity index (χ2n) is 6.42. The number of halogens is 1. The zero-order chi connectivity index (χ0) is 18.2. The van der Waals surface area contributed by atoms with Gasteiger partial charge in [0.1, 0.15) is 0 Å². The maximum Gasteiger partial charge on any atom is 0.0974 e. The van der Waals surface area contributed by atoms with Gasteiger partial charge >= 0.3 is 0 Å². The molecule has 0 amide bonds. The Morgan fingerprint density at radius 1 is 0.667 bits per heavy atom. The van der Waals surface area contributed by atoms with Gasteiger partial charge in [-0.15, -0.1) is 22.7 Å². The van der Waals surface area contributed by atoms with E-state index >= 15 is 0 Å². The van der Waals surface area contributed by atoms with E-state index in [4.69, 9.17) is 0 Å². The Kier molecular flexibility index (Phi) is 4.48. The van der Waals surface area contributed by atoms with Crippen LogP contribution in [0.4, 0.5) is 10.0 Å². The zero-order valence-corrected chi connectivity index (χ0v) is 17.7. The molecule has 5 aromatic rings. The van der Waals surface area contributed by atoms with E-state index in [-0.39, 0.29) is 0 Å². The van der Waals surface area contributed by atoms with Crippen LogP contribution in [0.3, 0.4) is 0 Å². The van der Waals surface area contributed by atoms with Crippen molar-refractivity contribution in [1.82, 2.24) is 0 Å². The van der Waals surface area contributed by atoms with Crippen LogP contribution in [0.25, 0.3) is 20.2 Å². The highest BCUT2D eigenvalue weighted by Gasteiger charge is 2.17. The summed E-state index contributed by atoms with van der Waals surface area (Å²) in [6.45, 7) is 0.834. The first-order chi connectivity index (χ1) is 13.3. The summed E-state index contributed by atoms with van der Waals surface area (Å²) in [6, 6.07) is 30.3. The number of fused-ring (bicyclic) bond motifs is 2. The van der Waals surface area contributed by atoms with Crippen LogP contribution in [-0.2, 0) is 6.54 Å². The summed E-state index contributed by atoms with van der Waals surface area (Å²) < 4.78 is 3.80. The lowest BCUT2D eigenvalue weighted by molar-refractivity contribution is 0.994. The van der Waals surface area contributed by atoms with E-state index in [2.05, 4.69) is 106 Å². The maximum atomic E-state index is 3.72. The molecule has 2 aromatic heterocycles. The normalized spacial score (nSPS) is 11.3. The molecule has 0 radical (unpaired) electrons. The number of hydrogen-bond donors (Lipinski definition) is 0. The smallest absolute Gasteiger partial charge is 0.0974 e. The topological polar surface area (TPSA) is 3.24 Å². The molecule has 0 aliphatic carbocycles. The predicted octanol–water partition coefficient (Wildman–Crippen LogP) is 8.22. The molecule has 27 heavy (non-hydrogen) atoms. The average molecular weight is 450 g/mol. The van der Waals surface area contributed by atoms with Gasteiger partial charge in [0.05, 0.1) is 16.5 Å². The van der Waals surface area contributed by atoms with Crippen molar-refractivity contribution in [2.45, 2.75) is 6.54 Å². The van der Waals surface area contributed by atoms with Crippen molar-refractivity contribution in [2.24, 2.45) is 0 Å². The summed E-state index contributed by atoms with van der Waals surface area (Å²) in [7, 11) is 0. The van der Waals surface area contributed by atoms with Crippen LogP contribution in [0.5, 0.6) is 0 Å². The van der Waals surface area contributed by atoms with Gasteiger partial charge < -0.3 is 4.90 Å². The maximum absolute atomic E-state index is 3.72. The van der Waals surface area contributed by atoms with Crippen molar-refractivity contribution < 1.29 is 0 Å². The van der Waals surface area contributed by atoms with Gasteiger partial charge in [-0.2, -0.15) is 0 Å². The molecule has 132 valence electrons. The van der Waals surface area contributed by atoms with E-state index in [1.807, 2.05) is 22.7 Å². The molecule has 4 heteroatoms. The number of thiophene rings is 2. The predicted molar refractivity (Wildman–Crippen MR) is 124 cm³/mol. The first-order valence-electron chi connectivity index (χ1n) is 8.76. The van der Waals surface area contributed by atoms with Gasteiger partial charge in [-0.25, -0.2) is 0 Å². The molecule has 0 bridgehead atoms. The molecule has 0 atom stereocenters. The lowest BCUT2D eigenvalue weighted by Crippen LogP contribution is -2.14. The highest BCUT2D eigenvalue weighted by Crippen LogP contribution is 2.42. The number of rotatable bonds is 4. The van der Waals surface area contributed by atoms with Crippen LogP contribution in [0.15, 0.2) is 89.4 Å². The number of hydrogen-bond acceptors (Lipinski definition) is 3. The molecule has 3 aromatic carbocycles. The highest BCUT2D eigenvalue weighted by molar-refractivity contribution is 9.10. The molecule has 0 saturated carbocycles. The van der Waals surface area contributed by atoms with Crippen molar-refractivity contribution in [3.8, 4) is 0 Å². The van der Waals surface area contributed by atoms with Crippen LogP contribution in [-0.4, -0.2) is 0 Å². The number of benzene rings is 3. The van der Waals surface area contributed by atoms with Crippen molar-refractivity contribution in [1.29, 1.82) is 0 Å². The van der Waals surface area contributed by atoms with Crippen LogP contribution in [0, 0.1) is 0 Å². The minimum Gasteiger partial charge on any atom is -0.320 e. The van der Waals surface area contributed by atoms with Crippen LogP contribution >= 0.6 is 38.6 Å². The van der Waals surface area contributed by atoms with E-state index in [1.54, 1.807) is 0 Å². The first kappa shape index (κ1) is 17.0. The fraction of sp³-hybridized carbons (Fsp3) is 0.0435. The van der Waals surface area contributed by atoms with Gasteiger partial charge in [-0.05, 0) is 46.7 Å². The highest BCUT2D eigenvalue weighted by atomic mass is 79.9. The Hall–Kier alpha value is -2.14. The summed E-state index contributed by atoms with van der Waals surface area (Å²) in [5, 5.41) is 5.16. The Morgan fingerprint density at radius 2 is 1.19 bits per heavy atom. The Labute approximate surface area is 174 Å². The second-order valence-corrected chi connectivity index (χ2v) is 9.40. The molecule has 5 rings (SSSR count). The standard InChI is InChI=1S/C23H16BrNS2/c24-19-10-4-1-9-18(19)15-25(22-13-16-7-2-5-11-20(16)26-22)23-14-17-8-3-6-12-21(17)27-23/h1-14H,15H2. The van der Waals surface area contributed by atoms with E-state index in [1.165, 1.54) is 35.7 Å². The SMILES string of the molecule is Brc1ccccc1CN(c1cc2ccccc2s1)c1cc2ccccc2s1. The average Bonchev–Trinajstić information content (AvgIpc) is 3.31. The third-order valence-corrected chi connectivity index (χ3v) is 7.70. The van der Waals surface area contributed by atoms with Crippen LogP contribution in [0.1, 0.15) is 5.56 Å². The quantitative estimate of drug-likeness (QED) is 0.267. The van der Waals surface area contributed by atoms with Crippen molar-refractivity contribution in [3.05, 3.63) is 95.0 Å². The molecule has 0 aliphatic heterocycles. The Bertz CT molecular complexity index is 1100. The largest absolute Gasteiger partial charge is 0.320 e. The first-order valence-corrected chi connectivity index (χ1v) is 11.2. The van der Waals surface area contributed by atoms with Crippen LogP contribution in [0.2, 0.25) is 0 Å².